The van der Waals surface area contributed by atoms with E-state index in [1.54, 1.807) is 11.8 Å². The zero-order chi connectivity index (χ0) is 16.2. The Morgan fingerprint density at radius 1 is 1.22 bits per heavy atom. The maximum absolute atomic E-state index is 12.6. The summed E-state index contributed by atoms with van der Waals surface area (Å²) in [5, 5.41) is 0. The second-order valence-corrected chi connectivity index (χ2v) is 5.56. The number of para-hydroxylation sites is 2. The molecule has 6 nitrogen and oxygen atoms in total. The number of carbonyl (C=O) groups is 2. The molecule has 23 heavy (non-hydrogen) atoms. The Morgan fingerprint density at radius 3 is 2.61 bits per heavy atom. The Bertz CT molecular complexity index is 724. The standard InChI is InChI=1S/C17H19N3O3/c1-2-23-17(22)12-7-9-20(10-8-12)16(21)15-11-18-13-5-3-4-6-14(13)19-15/h3-6,11-12H,2,7-10H2,1H3. The molecule has 3 rings (SSSR count). The van der Waals surface area contributed by atoms with Crippen molar-refractivity contribution in [2.24, 2.45) is 5.92 Å². The maximum atomic E-state index is 12.6. The van der Waals surface area contributed by atoms with Crippen LogP contribution < -0.4 is 0 Å². The van der Waals surface area contributed by atoms with E-state index in [2.05, 4.69) is 9.97 Å². The van der Waals surface area contributed by atoms with Crippen LogP contribution in [0.4, 0.5) is 0 Å². The summed E-state index contributed by atoms with van der Waals surface area (Å²) in [5.41, 5.74) is 1.82. The molecule has 1 aromatic carbocycles. The minimum absolute atomic E-state index is 0.110. The highest BCUT2D eigenvalue weighted by Crippen LogP contribution is 2.20. The lowest BCUT2D eigenvalue weighted by Gasteiger charge is -2.30. The first-order valence-corrected chi connectivity index (χ1v) is 7.86. The van der Waals surface area contributed by atoms with Gasteiger partial charge in [0.15, 0.2) is 0 Å². The molecule has 0 radical (unpaired) electrons. The fourth-order valence-electron chi connectivity index (χ4n) is 2.80. The normalized spacial score (nSPS) is 15.6. The number of fused-ring (bicyclic) bond motifs is 1. The van der Waals surface area contributed by atoms with Crippen LogP contribution in [0.3, 0.4) is 0 Å². The van der Waals surface area contributed by atoms with Crippen molar-refractivity contribution in [1.82, 2.24) is 14.9 Å². The number of rotatable bonds is 3. The van der Waals surface area contributed by atoms with Crippen LogP contribution in [0.5, 0.6) is 0 Å². The van der Waals surface area contributed by atoms with Gasteiger partial charge in [-0.15, -0.1) is 0 Å². The van der Waals surface area contributed by atoms with Crippen molar-refractivity contribution in [2.75, 3.05) is 19.7 Å². The van der Waals surface area contributed by atoms with Gasteiger partial charge in [-0.25, -0.2) is 4.98 Å². The third kappa shape index (κ3) is 3.31. The van der Waals surface area contributed by atoms with Crippen LogP contribution in [-0.4, -0.2) is 46.4 Å². The summed E-state index contributed by atoms with van der Waals surface area (Å²) in [4.78, 5) is 34.7. The predicted molar refractivity (Wildman–Crippen MR) is 84.8 cm³/mol. The van der Waals surface area contributed by atoms with Gasteiger partial charge < -0.3 is 9.64 Å². The Morgan fingerprint density at radius 2 is 1.91 bits per heavy atom. The quantitative estimate of drug-likeness (QED) is 0.811. The average molecular weight is 313 g/mol. The van der Waals surface area contributed by atoms with Crippen molar-refractivity contribution < 1.29 is 14.3 Å². The SMILES string of the molecule is CCOC(=O)C1CCN(C(=O)c2cnc3ccccc3n2)CC1. The van der Waals surface area contributed by atoms with Gasteiger partial charge in [-0.2, -0.15) is 0 Å². The Hall–Kier alpha value is -2.50. The third-order valence-corrected chi connectivity index (χ3v) is 4.07. The zero-order valence-corrected chi connectivity index (χ0v) is 13.1. The number of hydrogen-bond donors (Lipinski definition) is 0. The van der Waals surface area contributed by atoms with Gasteiger partial charge in [0, 0.05) is 13.1 Å². The van der Waals surface area contributed by atoms with E-state index < -0.39 is 0 Å². The predicted octanol–water partition coefficient (Wildman–Crippen LogP) is 2.05. The number of benzene rings is 1. The third-order valence-electron chi connectivity index (χ3n) is 4.07. The summed E-state index contributed by atoms with van der Waals surface area (Å²) < 4.78 is 5.05. The van der Waals surface area contributed by atoms with Crippen LogP contribution >= 0.6 is 0 Å². The number of ether oxygens (including phenoxy) is 1. The molecule has 6 heteroatoms. The minimum Gasteiger partial charge on any atom is -0.466 e. The van der Waals surface area contributed by atoms with Crippen molar-refractivity contribution >= 4 is 22.9 Å². The van der Waals surface area contributed by atoms with E-state index in [-0.39, 0.29) is 17.8 Å². The highest BCUT2D eigenvalue weighted by atomic mass is 16.5. The molecule has 1 aliphatic rings. The number of aromatic nitrogens is 2. The molecule has 0 atom stereocenters. The van der Waals surface area contributed by atoms with Crippen LogP contribution in [0.1, 0.15) is 30.3 Å². The van der Waals surface area contributed by atoms with E-state index in [0.29, 0.717) is 43.7 Å². The lowest BCUT2D eigenvalue weighted by atomic mass is 9.97. The van der Waals surface area contributed by atoms with Crippen molar-refractivity contribution in [3.63, 3.8) is 0 Å². The number of amides is 1. The minimum atomic E-state index is -0.162. The monoisotopic (exact) mass is 313 g/mol. The highest BCUT2D eigenvalue weighted by molar-refractivity contribution is 5.94. The van der Waals surface area contributed by atoms with Crippen LogP contribution in [0.2, 0.25) is 0 Å². The molecule has 2 aromatic rings. The van der Waals surface area contributed by atoms with Gasteiger partial charge in [0.2, 0.25) is 0 Å². The van der Waals surface area contributed by atoms with Gasteiger partial charge in [-0.3, -0.25) is 14.6 Å². The van der Waals surface area contributed by atoms with Crippen molar-refractivity contribution in [1.29, 1.82) is 0 Å². The lowest BCUT2D eigenvalue weighted by Crippen LogP contribution is -2.41. The molecule has 0 unspecified atom stereocenters. The second-order valence-electron chi connectivity index (χ2n) is 5.56. The van der Waals surface area contributed by atoms with Gasteiger partial charge in [-0.1, -0.05) is 12.1 Å². The van der Waals surface area contributed by atoms with Crippen LogP contribution in [0, 0.1) is 5.92 Å². The van der Waals surface area contributed by atoms with Gasteiger partial charge in [0.05, 0.1) is 29.8 Å². The summed E-state index contributed by atoms with van der Waals surface area (Å²) in [6.45, 7) is 3.27. The molecule has 1 aromatic heterocycles. The first-order valence-electron chi connectivity index (χ1n) is 7.86. The lowest BCUT2D eigenvalue weighted by molar-refractivity contribution is -0.149. The van der Waals surface area contributed by atoms with E-state index in [0.717, 1.165) is 5.52 Å². The van der Waals surface area contributed by atoms with E-state index in [4.69, 9.17) is 4.74 Å². The van der Waals surface area contributed by atoms with Crippen LogP contribution in [0.25, 0.3) is 11.0 Å². The van der Waals surface area contributed by atoms with E-state index in [1.165, 1.54) is 6.20 Å². The molecule has 0 aliphatic carbocycles. The molecule has 1 amide bonds. The average Bonchev–Trinajstić information content (AvgIpc) is 2.61. The summed E-state index contributed by atoms with van der Waals surface area (Å²) >= 11 is 0. The van der Waals surface area contributed by atoms with Gasteiger partial charge in [-0.05, 0) is 31.9 Å². The Balaban J connectivity index is 1.67. The van der Waals surface area contributed by atoms with E-state index >= 15 is 0 Å². The number of esters is 1. The fraction of sp³-hybridized carbons (Fsp3) is 0.412. The largest absolute Gasteiger partial charge is 0.466 e. The van der Waals surface area contributed by atoms with Gasteiger partial charge in [0.1, 0.15) is 5.69 Å². The zero-order valence-electron chi connectivity index (χ0n) is 13.1. The van der Waals surface area contributed by atoms with E-state index in [1.807, 2.05) is 24.3 Å². The number of carbonyl (C=O) groups excluding carboxylic acids is 2. The first kappa shape index (κ1) is 15.4. The van der Waals surface area contributed by atoms with E-state index in [9.17, 15) is 9.59 Å². The van der Waals surface area contributed by atoms with Gasteiger partial charge >= 0.3 is 5.97 Å². The molecular weight excluding hydrogens is 294 g/mol. The molecule has 0 bridgehead atoms. The van der Waals surface area contributed by atoms with Crippen LogP contribution in [-0.2, 0) is 9.53 Å². The second kappa shape index (κ2) is 6.73. The molecule has 1 fully saturated rings. The number of nitrogens with zero attached hydrogens (tertiary/aromatic N) is 3. The number of hydrogen-bond acceptors (Lipinski definition) is 5. The fourth-order valence-corrected chi connectivity index (χ4v) is 2.80. The maximum Gasteiger partial charge on any atom is 0.309 e. The van der Waals surface area contributed by atoms with Crippen molar-refractivity contribution in [3.8, 4) is 0 Å². The topological polar surface area (TPSA) is 72.4 Å². The summed E-state index contributed by atoms with van der Waals surface area (Å²) in [7, 11) is 0. The van der Waals surface area contributed by atoms with Crippen molar-refractivity contribution in [2.45, 2.75) is 19.8 Å². The molecule has 1 saturated heterocycles. The first-order chi connectivity index (χ1) is 11.2. The van der Waals surface area contributed by atoms with Gasteiger partial charge in [0.25, 0.3) is 5.91 Å². The van der Waals surface area contributed by atoms with Crippen molar-refractivity contribution in [3.05, 3.63) is 36.2 Å². The smallest absolute Gasteiger partial charge is 0.309 e. The summed E-state index contributed by atoms with van der Waals surface area (Å²) in [5.74, 6) is -0.405. The number of piperidine rings is 1. The molecule has 0 saturated carbocycles. The highest BCUT2D eigenvalue weighted by Gasteiger charge is 2.29. The summed E-state index contributed by atoms with van der Waals surface area (Å²) in [6, 6.07) is 7.46. The molecule has 0 N–H and O–H groups in total. The molecular formula is C17H19N3O3. The molecule has 1 aliphatic heterocycles. The molecule has 0 spiro atoms. The molecule has 2 heterocycles. The Labute approximate surface area is 134 Å². The van der Waals surface area contributed by atoms with Crippen LogP contribution in [0.15, 0.2) is 30.5 Å². The number of likely N-dealkylation sites (tertiary alicyclic amines) is 1. The summed E-state index contributed by atoms with van der Waals surface area (Å²) in [6.07, 6.45) is 2.78. The molecule has 120 valence electrons. The Kier molecular flexibility index (Phi) is 4.50.